The maximum atomic E-state index is 12.5. The molecular weight excluding hydrogens is 256 g/mol. The third-order valence-corrected chi connectivity index (χ3v) is 3.23. The zero-order chi connectivity index (χ0) is 13.9. The number of hydrogen-bond donors (Lipinski definition) is 1. The van der Waals surface area contributed by atoms with E-state index in [-0.39, 0.29) is 5.78 Å². The minimum atomic E-state index is -0.543. The van der Waals surface area contributed by atoms with E-state index < -0.39 is 6.10 Å². The van der Waals surface area contributed by atoms with E-state index >= 15 is 0 Å². The lowest BCUT2D eigenvalue weighted by Crippen LogP contribution is -2.38. The third kappa shape index (κ3) is 2.24. The summed E-state index contributed by atoms with van der Waals surface area (Å²) in [5, 5.41) is 11.0. The lowest BCUT2D eigenvalue weighted by Gasteiger charge is -2.26. The molecule has 0 bridgehead atoms. The minimum absolute atomic E-state index is 0.0922. The highest BCUT2D eigenvalue weighted by atomic mass is 16.5. The van der Waals surface area contributed by atoms with Crippen LogP contribution in [0.2, 0.25) is 0 Å². The molecule has 1 atom stereocenters. The van der Waals surface area contributed by atoms with E-state index in [0.29, 0.717) is 24.5 Å². The summed E-state index contributed by atoms with van der Waals surface area (Å²) in [6.45, 7) is 3.16. The van der Waals surface area contributed by atoms with E-state index in [2.05, 4.69) is 15.6 Å². The number of carbonyl (C=O) groups excluding carboxylic acids is 1. The standard InChI is InChI=1S/C14H16N4O2/c1-2-7-18-11(8-16-17-18)14(19)13-9-15-10-5-3-4-6-12(10)20-13/h3-6,8,13,15H,2,7,9H2,1H3. The van der Waals surface area contributed by atoms with Crippen molar-refractivity contribution in [3.63, 3.8) is 0 Å². The van der Waals surface area contributed by atoms with Crippen molar-refractivity contribution >= 4 is 11.5 Å². The SMILES string of the molecule is CCCn1nncc1C(=O)C1CNc2ccccc2O1. The van der Waals surface area contributed by atoms with Crippen molar-refractivity contribution in [2.45, 2.75) is 26.0 Å². The fourth-order valence-corrected chi connectivity index (χ4v) is 2.25. The van der Waals surface area contributed by atoms with Gasteiger partial charge in [-0.25, -0.2) is 4.68 Å². The molecule has 0 amide bonds. The smallest absolute Gasteiger partial charge is 0.224 e. The molecule has 6 nitrogen and oxygen atoms in total. The third-order valence-electron chi connectivity index (χ3n) is 3.23. The number of nitrogens with one attached hydrogen (secondary N) is 1. The van der Waals surface area contributed by atoms with E-state index in [1.54, 1.807) is 4.68 Å². The maximum absolute atomic E-state index is 12.5. The second kappa shape index (κ2) is 5.32. The Morgan fingerprint density at radius 2 is 2.35 bits per heavy atom. The Morgan fingerprint density at radius 3 is 3.20 bits per heavy atom. The van der Waals surface area contributed by atoms with Crippen LogP contribution in [0.15, 0.2) is 30.5 Å². The van der Waals surface area contributed by atoms with E-state index in [4.69, 9.17) is 4.74 Å². The molecule has 0 fully saturated rings. The van der Waals surface area contributed by atoms with Crippen LogP contribution < -0.4 is 10.1 Å². The normalized spacial score (nSPS) is 16.9. The summed E-state index contributed by atoms with van der Waals surface area (Å²) in [5.74, 6) is 0.608. The lowest BCUT2D eigenvalue weighted by atomic mass is 10.1. The first-order chi connectivity index (χ1) is 9.79. The Balaban J connectivity index is 1.80. The van der Waals surface area contributed by atoms with Crippen LogP contribution in [0.4, 0.5) is 5.69 Å². The summed E-state index contributed by atoms with van der Waals surface area (Å²) in [7, 11) is 0. The average Bonchev–Trinajstić information content (AvgIpc) is 2.94. The number of rotatable bonds is 4. The van der Waals surface area contributed by atoms with E-state index in [0.717, 1.165) is 12.1 Å². The van der Waals surface area contributed by atoms with Crippen LogP contribution in [0.25, 0.3) is 0 Å². The van der Waals surface area contributed by atoms with Gasteiger partial charge >= 0.3 is 0 Å². The molecule has 3 rings (SSSR count). The maximum Gasteiger partial charge on any atom is 0.224 e. The number of fused-ring (bicyclic) bond motifs is 1. The van der Waals surface area contributed by atoms with Gasteiger partial charge in [-0.05, 0) is 18.6 Å². The average molecular weight is 272 g/mol. The number of ether oxygens (including phenoxy) is 1. The van der Waals surface area contributed by atoms with Gasteiger partial charge < -0.3 is 10.1 Å². The number of ketones is 1. The van der Waals surface area contributed by atoms with Gasteiger partial charge in [0.2, 0.25) is 5.78 Å². The molecule has 104 valence electrons. The molecule has 1 aromatic heterocycles. The topological polar surface area (TPSA) is 69.0 Å². The first-order valence-corrected chi connectivity index (χ1v) is 6.72. The number of aryl methyl sites for hydroxylation is 1. The van der Waals surface area contributed by atoms with Crippen LogP contribution in [0.1, 0.15) is 23.8 Å². The predicted octanol–water partition coefficient (Wildman–Crippen LogP) is 1.74. The van der Waals surface area contributed by atoms with Crippen molar-refractivity contribution in [3.05, 3.63) is 36.2 Å². The molecule has 0 spiro atoms. The van der Waals surface area contributed by atoms with Crippen molar-refractivity contribution in [2.75, 3.05) is 11.9 Å². The Hall–Kier alpha value is -2.37. The fourth-order valence-electron chi connectivity index (χ4n) is 2.25. The lowest BCUT2D eigenvalue weighted by molar-refractivity contribution is 0.0790. The molecule has 6 heteroatoms. The van der Waals surface area contributed by atoms with Crippen LogP contribution in [0, 0.1) is 0 Å². The molecule has 20 heavy (non-hydrogen) atoms. The van der Waals surface area contributed by atoms with Gasteiger partial charge in [-0.2, -0.15) is 0 Å². The summed E-state index contributed by atoms with van der Waals surface area (Å²) in [5.41, 5.74) is 1.41. The largest absolute Gasteiger partial charge is 0.478 e. The van der Waals surface area contributed by atoms with Crippen LogP contribution in [0.5, 0.6) is 5.75 Å². The quantitative estimate of drug-likeness (QED) is 0.859. The van der Waals surface area contributed by atoms with Crippen LogP contribution in [-0.4, -0.2) is 33.4 Å². The Bertz CT molecular complexity index is 623. The van der Waals surface area contributed by atoms with E-state index in [1.165, 1.54) is 6.20 Å². The molecule has 1 unspecified atom stereocenters. The summed E-state index contributed by atoms with van der Waals surface area (Å²) in [6.07, 6.45) is 1.86. The number of benzene rings is 1. The summed E-state index contributed by atoms with van der Waals surface area (Å²) >= 11 is 0. The van der Waals surface area contributed by atoms with Crippen molar-refractivity contribution in [1.82, 2.24) is 15.0 Å². The van der Waals surface area contributed by atoms with E-state index in [1.807, 2.05) is 31.2 Å². The number of para-hydroxylation sites is 2. The monoisotopic (exact) mass is 272 g/mol. The van der Waals surface area contributed by atoms with Gasteiger partial charge in [0.05, 0.1) is 18.4 Å². The number of aromatic nitrogens is 3. The number of carbonyl (C=O) groups is 1. The predicted molar refractivity (Wildman–Crippen MR) is 74.0 cm³/mol. The molecule has 1 aromatic carbocycles. The molecule has 0 saturated heterocycles. The molecular formula is C14H16N4O2. The number of anilines is 1. The van der Waals surface area contributed by atoms with Gasteiger partial charge in [0, 0.05) is 6.54 Å². The summed E-state index contributed by atoms with van der Waals surface area (Å²) in [4.78, 5) is 12.5. The van der Waals surface area contributed by atoms with Crippen molar-refractivity contribution in [2.24, 2.45) is 0 Å². The van der Waals surface area contributed by atoms with Gasteiger partial charge in [0.15, 0.2) is 6.10 Å². The van der Waals surface area contributed by atoms with Gasteiger partial charge in [0.1, 0.15) is 11.4 Å². The van der Waals surface area contributed by atoms with Crippen LogP contribution in [0.3, 0.4) is 0 Å². The first-order valence-electron chi connectivity index (χ1n) is 6.72. The van der Waals surface area contributed by atoms with Gasteiger partial charge in [-0.3, -0.25) is 4.79 Å². The molecule has 0 aliphatic carbocycles. The highest BCUT2D eigenvalue weighted by Gasteiger charge is 2.29. The molecule has 1 aliphatic rings. The van der Waals surface area contributed by atoms with Crippen molar-refractivity contribution in [3.8, 4) is 5.75 Å². The van der Waals surface area contributed by atoms with E-state index in [9.17, 15) is 4.79 Å². The van der Waals surface area contributed by atoms with Gasteiger partial charge in [-0.1, -0.05) is 24.3 Å². The Labute approximate surface area is 116 Å². The molecule has 2 aromatic rings. The number of Topliss-reactive ketones (excluding diaryl/α,β-unsaturated/α-hetero) is 1. The Kier molecular flexibility index (Phi) is 3.37. The Morgan fingerprint density at radius 1 is 1.50 bits per heavy atom. The number of nitrogens with zero attached hydrogens (tertiary/aromatic N) is 3. The van der Waals surface area contributed by atoms with Gasteiger partial charge in [-0.15, -0.1) is 5.10 Å². The highest BCUT2D eigenvalue weighted by molar-refractivity contribution is 5.98. The second-order valence-electron chi connectivity index (χ2n) is 4.69. The molecule has 1 aliphatic heterocycles. The summed E-state index contributed by atoms with van der Waals surface area (Å²) < 4.78 is 7.40. The molecule has 0 radical (unpaired) electrons. The number of hydrogen-bond acceptors (Lipinski definition) is 5. The first kappa shape index (κ1) is 12.7. The highest BCUT2D eigenvalue weighted by Crippen LogP contribution is 2.28. The summed E-state index contributed by atoms with van der Waals surface area (Å²) in [6, 6.07) is 7.59. The van der Waals surface area contributed by atoms with Gasteiger partial charge in [0.25, 0.3) is 0 Å². The molecule has 2 heterocycles. The van der Waals surface area contributed by atoms with Crippen molar-refractivity contribution < 1.29 is 9.53 Å². The molecule has 1 N–H and O–H groups in total. The van der Waals surface area contributed by atoms with Crippen molar-refractivity contribution in [1.29, 1.82) is 0 Å². The minimum Gasteiger partial charge on any atom is -0.478 e. The second-order valence-corrected chi connectivity index (χ2v) is 4.69. The van der Waals surface area contributed by atoms with Crippen LogP contribution in [-0.2, 0) is 6.54 Å². The fraction of sp³-hybridized carbons (Fsp3) is 0.357. The molecule has 0 saturated carbocycles. The zero-order valence-electron chi connectivity index (χ0n) is 11.2. The van der Waals surface area contributed by atoms with Crippen LogP contribution >= 0.6 is 0 Å². The zero-order valence-corrected chi connectivity index (χ0v) is 11.2.